The minimum atomic E-state index is -0.453. The monoisotopic (exact) mass is 553 g/mol. The van der Waals surface area contributed by atoms with E-state index in [0.29, 0.717) is 29.1 Å². The van der Waals surface area contributed by atoms with Crippen LogP contribution in [-0.4, -0.2) is 34.2 Å². The number of imidazole rings is 1. The Labute approximate surface area is 216 Å². The molecule has 0 fully saturated rings. The number of halogens is 2. The molecule has 0 spiro atoms. The van der Waals surface area contributed by atoms with Crippen molar-refractivity contribution < 1.29 is 23.1 Å². The number of ether oxygens (including phenoxy) is 2. The highest BCUT2D eigenvalue weighted by atomic mass is 79.9. The number of oxazole rings is 1. The first-order valence-electron chi connectivity index (χ1n) is 11.4. The van der Waals surface area contributed by atoms with Gasteiger partial charge < -0.3 is 18.5 Å². The summed E-state index contributed by atoms with van der Waals surface area (Å²) in [6.07, 6.45) is 10.5. The summed E-state index contributed by atoms with van der Waals surface area (Å²) in [6, 6.07) is 12.8. The summed E-state index contributed by atoms with van der Waals surface area (Å²) >= 11 is 3.25. The third-order valence-electron chi connectivity index (χ3n) is 5.43. The van der Waals surface area contributed by atoms with Gasteiger partial charge in [-0.3, -0.25) is 0 Å². The Bertz CT molecular complexity index is 1330. The Morgan fingerprint density at radius 2 is 2.00 bits per heavy atom. The first kappa shape index (κ1) is 25.4. The highest BCUT2D eigenvalue weighted by Crippen LogP contribution is 2.18. The van der Waals surface area contributed by atoms with Crippen LogP contribution >= 0.6 is 15.9 Å². The molecule has 2 aromatic carbocycles. The van der Waals surface area contributed by atoms with Crippen molar-refractivity contribution in [3.63, 3.8) is 0 Å². The van der Waals surface area contributed by atoms with Gasteiger partial charge >= 0.3 is 5.97 Å². The molecule has 4 rings (SSSR count). The van der Waals surface area contributed by atoms with Crippen molar-refractivity contribution in [2.45, 2.75) is 25.8 Å². The van der Waals surface area contributed by atoms with E-state index in [2.05, 4.69) is 25.9 Å². The largest absolute Gasteiger partial charge is 0.494 e. The first-order chi connectivity index (χ1) is 17.5. The van der Waals surface area contributed by atoms with E-state index < -0.39 is 5.97 Å². The van der Waals surface area contributed by atoms with Crippen molar-refractivity contribution in [3.8, 4) is 5.75 Å². The van der Waals surface area contributed by atoms with E-state index in [4.69, 9.17) is 13.9 Å². The van der Waals surface area contributed by atoms with Crippen LogP contribution in [-0.2, 0) is 24.1 Å². The number of hydrogen-bond acceptors (Lipinski definition) is 6. The van der Waals surface area contributed by atoms with Gasteiger partial charge in [0.2, 0.25) is 11.7 Å². The van der Waals surface area contributed by atoms with Gasteiger partial charge in [0, 0.05) is 35.1 Å². The second-order valence-electron chi connectivity index (χ2n) is 7.96. The highest BCUT2D eigenvalue weighted by molar-refractivity contribution is 9.10. The maximum Gasteiger partial charge on any atom is 0.374 e. The van der Waals surface area contributed by atoms with Crippen LogP contribution in [0.1, 0.15) is 39.8 Å². The molecule has 0 saturated carbocycles. The zero-order valence-electron chi connectivity index (χ0n) is 19.7. The van der Waals surface area contributed by atoms with E-state index in [1.165, 1.54) is 13.2 Å². The number of esters is 1. The normalized spacial score (nSPS) is 11.2. The van der Waals surface area contributed by atoms with Gasteiger partial charge in [0.25, 0.3) is 0 Å². The molecule has 9 heteroatoms. The second kappa shape index (κ2) is 12.3. The number of aromatic nitrogens is 3. The third-order valence-corrected chi connectivity index (χ3v) is 5.92. The van der Waals surface area contributed by atoms with Gasteiger partial charge in [-0.25, -0.2) is 19.2 Å². The lowest BCUT2D eigenvalue weighted by molar-refractivity contribution is 0.0580. The number of rotatable bonds is 11. The number of aryl methyl sites for hydroxylation is 3. The topological polar surface area (TPSA) is 79.4 Å². The average molecular weight is 554 g/mol. The molecule has 0 aliphatic carbocycles. The molecule has 186 valence electrons. The van der Waals surface area contributed by atoms with Gasteiger partial charge in [0.15, 0.2) is 0 Å². The molecule has 0 atom stereocenters. The van der Waals surface area contributed by atoms with Crippen LogP contribution in [0.15, 0.2) is 70.0 Å². The number of nitrogens with zero attached hydrogens (tertiary/aromatic N) is 3. The predicted molar refractivity (Wildman–Crippen MR) is 137 cm³/mol. The fraction of sp³-hybridized carbons (Fsp3) is 0.222. The van der Waals surface area contributed by atoms with Crippen LogP contribution in [0.2, 0.25) is 0 Å². The van der Waals surface area contributed by atoms with Crippen LogP contribution in [0.4, 0.5) is 4.39 Å². The van der Waals surface area contributed by atoms with Gasteiger partial charge in [-0.1, -0.05) is 34.1 Å². The molecule has 4 aromatic rings. The summed E-state index contributed by atoms with van der Waals surface area (Å²) in [5.41, 5.74) is 2.45. The number of carbonyl (C=O) groups excluding carboxylic acids is 1. The number of methoxy groups -OCH3 is 1. The van der Waals surface area contributed by atoms with Crippen molar-refractivity contribution in [3.05, 3.63) is 99.9 Å². The fourth-order valence-electron chi connectivity index (χ4n) is 3.53. The van der Waals surface area contributed by atoms with Gasteiger partial charge in [0.05, 0.1) is 19.4 Å². The number of carbonyl (C=O) groups is 1. The van der Waals surface area contributed by atoms with Crippen molar-refractivity contribution in [2.75, 3.05) is 13.7 Å². The maximum atomic E-state index is 13.9. The molecular weight excluding hydrogens is 529 g/mol. The van der Waals surface area contributed by atoms with Crippen LogP contribution in [0.5, 0.6) is 5.75 Å². The van der Waals surface area contributed by atoms with E-state index in [1.54, 1.807) is 47.5 Å². The van der Waals surface area contributed by atoms with Gasteiger partial charge in [-0.05, 0) is 55.2 Å². The lowest BCUT2D eigenvalue weighted by Crippen LogP contribution is -2.13. The van der Waals surface area contributed by atoms with E-state index >= 15 is 0 Å². The smallest absolute Gasteiger partial charge is 0.374 e. The van der Waals surface area contributed by atoms with Crippen LogP contribution < -0.4 is 4.74 Å². The van der Waals surface area contributed by atoms with E-state index in [1.807, 2.05) is 24.3 Å². The summed E-state index contributed by atoms with van der Waals surface area (Å²) in [4.78, 5) is 20.1. The zero-order valence-corrected chi connectivity index (χ0v) is 21.3. The molecule has 0 saturated heterocycles. The Morgan fingerprint density at radius 1 is 1.17 bits per heavy atom. The molecule has 0 bridgehead atoms. The standard InChI is InChI=1S/C27H25BrFN3O4/c1-34-27(33)26-30-13-15-32(26)14-2-16-35-23-10-4-19(5-11-23)3-9-22-18-36-25(31-22)12-7-20-6-8-21(28)17-24(20)29/h4-8,10-13,15,17-18H,2-3,9,14,16H2,1H3/b12-7+. The molecule has 0 radical (unpaired) electrons. The van der Waals surface area contributed by atoms with Crippen LogP contribution in [0, 0.1) is 5.82 Å². The first-order valence-corrected chi connectivity index (χ1v) is 12.2. The van der Waals surface area contributed by atoms with E-state index in [-0.39, 0.29) is 11.6 Å². The highest BCUT2D eigenvalue weighted by Gasteiger charge is 2.12. The average Bonchev–Trinajstić information content (AvgIpc) is 3.55. The maximum absolute atomic E-state index is 13.9. The SMILES string of the molecule is COC(=O)c1nccn1CCCOc1ccc(CCc2coc(/C=C/c3ccc(Br)cc3F)n2)cc1. The van der Waals surface area contributed by atoms with Crippen molar-refractivity contribution >= 4 is 34.1 Å². The zero-order chi connectivity index (χ0) is 25.3. The number of hydrogen-bond donors (Lipinski definition) is 0. The van der Waals surface area contributed by atoms with Crippen LogP contribution in [0.25, 0.3) is 12.2 Å². The second-order valence-corrected chi connectivity index (χ2v) is 8.87. The molecule has 2 heterocycles. The molecule has 0 aliphatic heterocycles. The third kappa shape index (κ3) is 6.91. The fourth-order valence-corrected chi connectivity index (χ4v) is 3.87. The quantitative estimate of drug-likeness (QED) is 0.168. The molecular formula is C27H25BrFN3O4. The summed E-state index contributed by atoms with van der Waals surface area (Å²) in [7, 11) is 1.34. The summed E-state index contributed by atoms with van der Waals surface area (Å²) in [5.74, 6) is 0.740. The van der Waals surface area contributed by atoms with Gasteiger partial charge in [0.1, 0.15) is 17.8 Å². The molecule has 7 nitrogen and oxygen atoms in total. The lowest BCUT2D eigenvalue weighted by atomic mass is 10.1. The summed E-state index contributed by atoms with van der Waals surface area (Å²) < 4.78 is 32.4. The predicted octanol–water partition coefficient (Wildman–Crippen LogP) is 5.98. The van der Waals surface area contributed by atoms with Gasteiger partial charge in [-0.15, -0.1) is 0 Å². The Morgan fingerprint density at radius 3 is 2.78 bits per heavy atom. The molecule has 0 amide bonds. The van der Waals surface area contributed by atoms with Crippen molar-refractivity contribution in [2.24, 2.45) is 0 Å². The Hall–Kier alpha value is -3.72. The minimum Gasteiger partial charge on any atom is -0.494 e. The molecule has 36 heavy (non-hydrogen) atoms. The Balaban J connectivity index is 1.21. The van der Waals surface area contributed by atoms with E-state index in [0.717, 1.165) is 36.3 Å². The van der Waals surface area contributed by atoms with Gasteiger partial charge in [-0.2, -0.15) is 0 Å². The lowest BCUT2D eigenvalue weighted by Gasteiger charge is -2.09. The Kier molecular flexibility index (Phi) is 8.67. The van der Waals surface area contributed by atoms with E-state index in [9.17, 15) is 9.18 Å². The summed E-state index contributed by atoms with van der Waals surface area (Å²) in [6.45, 7) is 1.12. The minimum absolute atomic E-state index is 0.288. The molecule has 2 aromatic heterocycles. The number of benzene rings is 2. The molecule has 0 N–H and O–H groups in total. The van der Waals surface area contributed by atoms with Crippen LogP contribution in [0.3, 0.4) is 0 Å². The summed E-state index contributed by atoms with van der Waals surface area (Å²) in [5, 5.41) is 0. The van der Waals surface area contributed by atoms with Crippen molar-refractivity contribution in [1.29, 1.82) is 0 Å². The molecule has 0 aliphatic rings. The van der Waals surface area contributed by atoms with Crippen molar-refractivity contribution in [1.82, 2.24) is 14.5 Å². The molecule has 0 unspecified atom stereocenters.